The Morgan fingerprint density at radius 2 is 1.41 bits per heavy atom. The number of rotatable bonds is 8. The van der Waals surface area contributed by atoms with Crippen LogP contribution in [-0.2, 0) is 0 Å². The number of anilines is 2. The molecule has 3 rings (SSSR count). The quantitative estimate of drug-likeness (QED) is 0.401. The predicted molar refractivity (Wildman–Crippen MR) is 126 cm³/mol. The predicted octanol–water partition coefficient (Wildman–Crippen LogP) is 4.69. The van der Waals surface area contributed by atoms with Crippen LogP contribution in [0.1, 0.15) is 40.1 Å². The van der Waals surface area contributed by atoms with E-state index in [0.29, 0.717) is 16.8 Å². The van der Waals surface area contributed by atoms with Crippen LogP contribution >= 0.6 is 0 Å². The summed E-state index contributed by atoms with van der Waals surface area (Å²) in [5, 5.41) is 6.71. The summed E-state index contributed by atoms with van der Waals surface area (Å²) in [6.45, 7) is 6.10. The molecule has 0 aromatic heterocycles. The lowest BCUT2D eigenvalue weighted by molar-refractivity contribution is 0.0954. The van der Waals surface area contributed by atoms with Gasteiger partial charge in [0.25, 0.3) is 11.8 Å². The Kier molecular flexibility index (Phi) is 7.70. The Morgan fingerprint density at radius 1 is 0.844 bits per heavy atom. The number of nitrogens with one attached hydrogen (secondary N) is 2. The van der Waals surface area contributed by atoms with Crippen LogP contribution in [0.15, 0.2) is 77.9 Å². The topological polar surface area (TPSA) is 73.8 Å². The highest BCUT2D eigenvalue weighted by Gasteiger charge is 2.08. The van der Waals surface area contributed by atoms with Gasteiger partial charge in [-0.05, 0) is 80.1 Å². The van der Waals surface area contributed by atoms with Gasteiger partial charge < -0.3 is 10.2 Å². The van der Waals surface area contributed by atoms with Gasteiger partial charge in [0.1, 0.15) is 5.82 Å². The number of carbonyl (C=O) groups excluding carboxylic acids is 2. The van der Waals surface area contributed by atoms with E-state index in [9.17, 15) is 14.0 Å². The molecule has 32 heavy (non-hydrogen) atoms. The third-order valence-corrected chi connectivity index (χ3v) is 4.91. The van der Waals surface area contributed by atoms with Crippen LogP contribution in [0.4, 0.5) is 15.8 Å². The fourth-order valence-electron chi connectivity index (χ4n) is 3.10. The second-order valence-corrected chi connectivity index (χ2v) is 7.00. The minimum absolute atomic E-state index is 0.340. The van der Waals surface area contributed by atoms with Crippen LogP contribution in [0, 0.1) is 5.82 Å². The Labute approximate surface area is 186 Å². The Morgan fingerprint density at radius 3 is 2.00 bits per heavy atom. The molecule has 0 heterocycles. The van der Waals surface area contributed by atoms with E-state index in [1.54, 1.807) is 30.5 Å². The molecule has 0 aliphatic rings. The van der Waals surface area contributed by atoms with E-state index in [2.05, 4.69) is 34.6 Å². The van der Waals surface area contributed by atoms with E-state index >= 15 is 0 Å². The maximum absolute atomic E-state index is 13.0. The summed E-state index contributed by atoms with van der Waals surface area (Å²) in [6, 6.07) is 19.6. The van der Waals surface area contributed by atoms with Crippen LogP contribution < -0.4 is 15.6 Å². The lowest BCUT2D eigenvalue weighted by Crippen LogP contribution is -2.21. The standard InChI is InChI=1S/C25H25FN4O2/c1-3-30(4-2)23-15-5-18(6-16-23)17-27-29-25(32)20-9-13-22(14-10-20)28-24(31)19-7-11-21(26)12-8-19/h5-17H,3-4H2,1-2H3,(H,28,31)(H,29,32)/b27-17+. The molecular weight excluding hydrogens is 407 g/mol. The van der Waals surface area contributed by atoms with E-state index < -0.39 is 5.82 Å². The zero-order chi connectivity index (χ0) is 22.9. The number of amides is 2. The van der Waals surface area contributed by atoms with Crippen molar-refractivity contribution in [2.24, 2.45) is 5.10 Å². The van der Waals surface area contributed by atoms with Crippen molar-refractivity contribution in [1.29, 1.82) is 0 Å². The molecule has 0 fully saturated rings. The zero-order valence-corrected chi connectivity index (χ0v) is 18.0. The van der Waals surface area contributed by atoms with Gasteiger partial charge >= 0.3 is 0 Å². The molecule has 0 saturated carbocycles. The lowest BCUT2D eigenvalue weighted by Gasteiger charge is -2.20. The molecule has 0 saturated heterocycles. The van der Waals surface area contributed by atoms with Gasteiger partial charge in [-0.2, -0.15) is 5.10 Å². The van der Waals surface area contributed by atoms with Crippen molar-refractivity contribution in [3.63, 3.8) is 0 Å². The molecule has 6 nitrogen and oxygen atoms in total. The van der Waals surface area contributed by atoms with E-state index in [-0.39, 0.29) is 11.8 Å². The maximum atomic E-state index is 13.0. The molecule has 0 atom stereocenters. The number of halogens is 1. The van der Waals surface area contributed by atoms with Gasteiger partial charge in [0.05, 0.1) is 6.21 Å². The maximum Gasteiger partial charge on any atom is 0.271 e. The number of hydrazone groups is 1. The van der Waals surface area contributed by atoms with Crippen LogP contribution in [0.25, 0.3) is 0 Å². The fraction of sp³-hybridized carbons (Fsp3) is 0.160. The largest absolute Gasteiger partial charge is 0.372 e. The average molecular weight is 432 g/mol. The van der Waals surface area contributed by atoms with E-state index in [1.165, 1.54) is 24.3 Å². The lowest BCUT2D eigenvalue weighted by atomic mass is 10.1. The van der Waals surface area contributed by atoms with E-state index in [0.717, 1.165) is 24.3 Å². The van der Waals surface area contributed by atoms with Crippen LogP contribution in [0.2, 0.25) is 0 Å². The fourth-order valence-corrected chi connectivity index (χ4v) is 3.10. The first-order valence-electron chi connectivity index (χ1n) is 10.4. The Balaban J connectivity index is 1.54. The number of hydrogen-bond acceptors (Lipinski definition) is 4. The molecule has 0 bridgehead atoms. The molecule has 0 radical (unpaired) electrons. The molecule has 3 aromatic rings. The summed E-state index contributed by atoms with van der Waals surface area (Å²) < 4.78 is 13.0. The molecule has 0 aliphatic heterocycles. The van der Waals surface area contributed by atoms with Crippen molar-refractivity contribution >= 4 is 29.4 Å². The second kappa shape index (κ2) is 10.9. The highest BCUT2D eigenvalue weighted by Crippen LogP contribution is 2.14. The third-order valence-electron chi connectivity index (χ3n) is 4.91. The molecular formula is C25H25FN4O2. The molecule has 0 aliphatic carbocycles. The van der Waals surface area contributed by atoms with Crippen molar-refractivity contribution in [3.05, 3.63) is 95.3 Å². The molecule has 3 aromatic carbocycles. The van der Waals surface area contributed by atoms with Crippen molar-refractivity contribution in [3.8, 4) is 0 Å². The molecule has 2 N–H and O–H groups in total. The SMILES string of the molecule is CCN(CC)c1ccc(/C=N/NC(=O)c2ccc(NC(=O)c3ccc(F)cc3)cc2)cc1. The van der Waals surface area contributed by atoms with E-state index in [4.69, 9.17) is 0 Å². The van der Waals surface area contributed by atoms with Gasteiger partial charge in [0, 0.05) is 35.6 Å². The van der Waals surface area contributed by atoms with Crippen molar-refractivity contribution in [2.75, 3.05) is 23.3 Å². The van der Waals surface area contributed by atoms with Gasteiger partial charge in [0.15, 0.2) is 0 Å². The normalized spacial score (nSPS) is 10.7. The molecule has 7 heteroatoms. The number of nitrogens with zero attached hydrogens (tertiary/aromatic N) is 2. The van der Waals surface area contributed by atoms with E-state index in [1.807, 2.05) is 24.3 Å². The highest BCUT2D eigenvalue weighted by atomic mass is 19.1. The minimum atomic E-state index is -0.406. The first-order chi connectivity index (χ1) is 15.5. The van der Waals surface area contributed by atoms with Crippen LogP contribution in [0.3, 0.4) is 0 Å². The monoisotopic (exact) mass is 432 g/mol. The first kappa shape index (κ1) is 22.7. The van der Waals surface area contributed by atoms with Gasteiger partial charge in [-0.15, -0.1) is 0 Å². The molecule has 0 spiro atoms. The van der Waals surface area contributed by atoms with Crippen molar-refractivity contribution < 1.29 is 14.0 Å². The summed E-state index contributed by atoms with van der Waals surface area (Å²) in [6.07, 6.45) is 1.58. The summed E-state index contributed by atoms with van der Waals surface area (Å²) >= 11 is 0. The van der Waals surface area contributed by atoms with Crippen molar-refractivity contribution in [1.82, 2.24) is 5.43 Å². The minimum Gasteiger partial charge on any atom is -0.372 e. The third kappa shape index (κ3) is 6.01. The molecule has 0 unspecified atom stereocenters. The Hall–Kier alpha value is -4.00. The molecule has 164 valence electrons. The number of hydrogen-bond donors (Lipinski definition) is 2. The Bertz CT molecular complexity index is 1070. The summed E-state index contributed by atoms with van der Waals surface area (Å²) in [5.41, 5.74) is 5.78. The zero-order valence-electron chi connectivity index (χ0n) is 18.0. The van der Waals surface area contributed by atoms with Gasteiger partial charge in [-0.1, -0.05) is 12.1 Å². The summed E-state index contributed by atoms with van der Waals surface area (Å²) in [5.74, 6) is -1.13. The highest BCUT2D eigenvalue weighted by molar-refractivity contribution is 6.04. The first-order valence-corrected chi connectivity index (χ1v) is 10.4. The second-order valence-electron chi connectivity index (χ2n) is 7.00. The van der Waals surface area contributed by atoms with Crippen LogP contribution in [-0.4, -0.2) is 31.1 Å². The summed E-state index contributed by atoms with van der Waals surface area (Å²) in [7, 11) is 0. The number of benzene rings is 3. The molecule has 2 amide bonds. The van der Waals surface area contributed by atoms with Gasteiger partial charge in [-0.3, -0.25) is 9.59 Å². The smallest absolute Gasteiger partial charge is 0.271 e. The van der Waals surface area contributed by atoms with Gasteiger partial charge in [0.2, 0.25) is 0 Å². The van der Waals surface area contributed by atoms with Gasteiger partial charge in [-0.25, -0.2) is 9.82 Å². The average Bonchev–Trinajstić information content (AvgIpc) is 2.81. The van der Waals surface area contributed by atoms with Crippen molar-refractivity contribution in [2.45, 2.75) is 13.8 Å². The summed E-state index contributed by atoms with van der Waals surface area (Å²) in [4.78, 5) is 26.7. The van der Waals surface area contributed by atoms with Crippen LogP contribution in [0.5, 0.6) is 0 Å². The number of carbonyl (C=O) groups is 2.